The molecule has 0 aromatic heterocycles. The molecule has 0 saturated carbocycles. The first-order valence-electron chi connectivity index (χ1n) is 6.17. The van der Waals surface area contributed by atoms with Gasteiger partial charge >= 0.3 is 5.97 Å². The Balaban J connectivity index is 2.37. The average Bonchev–Trinajstić information content (AvgIpc) is 2.47. The van der Waals surface area contributed by atoms with Crippen LogP contribution in [-0.2, 0) is 9.53 Å². The number of hydrogen-bond donors (Lipinski definition) is 1. The maximum Gasteiger partial charge on any atom is 0.327 e. The van der Waals surface area contributed by atoms with Gasteiger partial charge < -0.3 is 4.74 Å². The van der Waals surface area contributed by atoms with Crippen molar-refractivity contribution in [2.75, 3.05) is 13.7 Å². The smallest absolute Gasteiger partial charge is 0.327 e. The molecule has 3 nitrogen and oxygen atoms in total. The molecule has 0 radical (unpaired) electrons. The molecule has 1 N–H and O–H groups in total. The van der Waals surface area contributed by atoms with Crippen LogP contribution < -0.4 is 5.32 Å². The first-order valence-corrected chi connectivity index (χ1v) is 6.17. The number of carbonyl (C=O) groups excluding carboxylic acids is 1. The molecule has 0 aliphatic heterocycles. The van der Waals surface area contributed by atoms with Gasteiger partial charge in [0.15, 0.2) is 0 Å². The summed E-state index contributed by atoms with van der Waals surface area (Å²) in [4.78, 5) is 11.8. The highest BCUT2D eigenvalue weighted by molar-refractivity contribution is 5.85. The lowest BCUT2D eigenvalue weighted by Gasteiger charge is -2.16. The van der Waals surface area contributed by atoms with Gasteiger partial charge in [0.05, 0.1) is 7.11 Å². The Kier molecular flexibility index (Phi) is 4.31. The monoisotopic (exact) mass is 255 g/mol. The number of ether oxygens (including phenoxy) is 1. The second-order valence-corrected chi connectivity index (χ2v) is 4.26. The average molecular weight is 255 g/mol. The van der Waals surface area contributed by atoms with E-state index in [-0.39, 0.29) is 5.97 Å². The van der Waals surface area contributed by atoms with Crippen molar-refractivity contribution in [3.05, 3.63) is 60.7 Å². The van der Waals surface area contributed by atoms with Crippen LogP contribution in [0.4, 0.5) is 0 Å². The fourth-order valence-corrected chi connectivity index (χ4v) is 2.04. The zero-order valence-corrected chi connectivity index (χ0v) is 10.9. The zero-order chi connectivity index (χ0) is 13.7. The zero-order valence-electron chi connectivity index (χ0n) is 10.9. The quantitative estimate of drug-likeness (QED) is 0.659. The van der Waals surface area contributed by atoms with Gasteiger partial charge in [-0.25, -0.2) is 4.79 Å². The Morgan fingerprint density at radius 1 is 1.32 bits per heavy atom. The molecule has 2 rings (SSSR count). The van der Waals surface area contributed by atoms with Crippen molar-refractivity contribution in [3.63, 3.8) is 0 Å². The second kappa shape index (κ2) is 6.16. The van der Waals surface area contributed by atoms with Gasteiger partial charge in [0.1, 0.15) is 6.04 Å². The van der Waals surface area contributed by atoms with Gasteiger partial charge in [-0.05, 0) is 22.4 Å². The Hall–Kier alpha value is -2.13. The predicted octanol–water partition coefficient (Wildman–Crippen LogP) is 2.83. The van der Waals surface area contributed by atoms with E-state index in [1.807, 2.05) is 42.5 Å². The lowest BCUT2D eigenvalue weighted by atomic mass is 10.0. The molecule has 1 unspecified atom stereocenters. The molecule has 19 heavy (non-hydrogen) atoms. The first kappa shape index (κ1) is 13.3. The Morgan fingerprint density at radius 3 is 2.74 bits per heavy atom. The van der Waals surface area contributed by atoms with Gasteiger partial charge in [0.25, 0.3) is 0 Å². The van der Waals surface area contributed by atoms with Gasteiger partial charge in [-0.15, -0.1) is 6.58 Å². The number of rotatable bonds is 5. The summed E-state index contributed by atoms with van der Waals surface area (Å²) in [6, 6.07) is 13.5. The lowest BCUT2D eigenvalue weighted by Crippen LogP contribution is -2.29. The van der Waals surface area contributed by atoms with Crippen LogP contribution in [0.25, 0.3) is 10.8 Å². The van der Waals surface area contributed by atoms with Crippen LogP contribution in [0.3, 0.4) is 0 Å². The molecular weight excluding hydrogens is 238 g/mol. The van der Waals surface area contributed by atoms with Crippen LogP contribution >= 0.6 is 0 Å². The Morgan fingerprint density at radius 2 is 2.05 bits per heavy atom. The molecule has 98 valence electrons. The summed E-state index contributed by atoms with van der Waals surface area (Å²) >= 11 is 0. The van der Waals surface area contributed by atoms with Crippen LogP contribution in [-0.4, -0.2) is 19.6 Å². The van der Waals surface area contributed by atoms with Gasteiger partial charge in [0.2, 0.25) is 0 Å². The first-order chi connectivity index (χ1) is 9.26. The van der Waals surface area contributed by atoms with E-state index in [0.717, 1.165) is 16.3 Å². The maximum absolute atomic E-state index is 11.8. The predicted molar refractivity (Wildman–Crippen MR) is 76.9 cm³/mol. The summed E-state index contributed by atoms with van der Waals surface area (Å²) in [5.74, 6) is -0.294. The van der Waals surface area contributed by atoms with E-state index in [0.29, 0.717) is 6.54 Å². The van der Waals surface area contributed by atoms with Crippen molar-refractivity contribution in [2.45, 2.75) is 6.04 Å². The molecule has 0 spiro atoms. The number of fused-ring (bicyclic) bond motifs is 1. The molecule has 0 aliphatic rings. The van der Waals surface area contributed by atoms with E-state index in [9.17, 15) is 4.79 Å². The topological polar surface area (TPSA) is 38.3 Å². The van der Waals surface area contributed by atoms with E-state index in [4.69, 9.17) is 4.74 Å². The molecule has 2 aromatic carbocycles. The van der Waals surface area contributed by atoms with Crippen molar-refractivity contribution < 1.29 is 9.53 Å². The standard InChI is InChI=1S/C16H17NO2/c1-3-10-17-15(16(18)19-2)14-9-8-12-6-4-5-7-13(12)11-14/h3-9,11,15,17H,1,10H2,2H3. The largest absolute Gasteiger partial charge is 0.468 e. The molecule has 0 heterocycles. The van der Waals surface area contributed by atoms with E-state index >= 15 is 0 Å². The van der Waals surface area contributed by atoms with Crippen molar-refractivity contribution in [1.82, 2.24) is 5.32 Å². The molecule has 3 heteroatoms. The Labute approximate surface area is 112 Å². The van der Waals surface area contributed by atoms with E-state index in [2.05, 4.69) is 11.9 Å². The summed E-state index contributed by atoms with van der Waals surface area (Å²) in [6.45, 7) is 4.19. The summed E-state index contributed by atoms with van der Waals surface area (Å²) in [7, 11) is 1.39. The number of carbonyl (C=O) groups is 1. The van der Waals surface area contributed by atoms with Gasteiger partial charge in [0, 0.05) is 6.54 Å². The molecule has 0 fully saturated rings. The van der Waals surface area contributed by atoms with E-state index in [1.165, 1.54) is 7.11 Å². The highest BCUT2D eigenvalue weighted by Gasteiger charge is 2.20. The van der Waals surface area contributed by atoms with Crippen molar-refractivity contribution in [2.24, 2.45) is 0 Å². The molecule has 0 aliphatic carbocycles. The third-order valence-corrected chi connectivity index (χ3v) is 3.01. The van der Waals surface area contributed by atoms with Crippen molar-refractivity contribution >= 4 is 16.7 Å². The van der Waals surface area contributed by atoms with Crippen LogP contribution in [0, 0.1) is 0 Å². The van der Waals surface area contributed by atoms with Gasteiger partial charge in [-0.3, -0.25) is 5.32 Å². The minimum Gasteiger partial charge on any atom is -0.468 e. The number of benzene rings is 2. The third kappa shape index (κ3) is 3.01. The SMILES string of the molecule is C=CCNC(C(=O)OC)c1ccc2ccccc2c1. The number of methoxy groups -OCH3 is 1. The Bertz CT molecular complexity index is 592. The highest BCUT2D eigenvalue weighted by Crippen LogP contribution is 2.21. The third-order valence-electron chi connectivity index (χ3n) is 3.01. The van der Waals surface area contributed by atoms with Gasteiger partial charge in [-0.2, -0.15) is 0 Å². The number of esters is 1. The lowest BCUT2D eigenvalue weighted by molar-refractivity contribution is -0.143. The van der Waals surface area contributed by atoms with Gasteiger partial charge in [-0.1, -0.05) is 42.5 Å². The fourth-order valence-electron chi connectivity index (χ4n) is 2.04. The van der Waals surface area contributed by atoms with Crippen LogP contribution in [0.5, 0.6) is 0 Å². The summed E-state index contributed by atoms with van der Waals surface area (Å²) in [6.07, 6.45) is 1.72. The van der Waals surface area contributed by atoms with E-state index < -0.39 is 6.04 Å². The van der Waals surface area contributed by atoms with Crippen LogP contribution in [0.1, 0.15) is 11.6 Å². The summed E-state index contributed by atoms with van der Waals surface area (Å²) < 4.78 is 4.84. The minimum absolute atomic E-state index is 0.294. The van der Waals surface area contributed by atoms with Crippen molar-refractivity contribution in [3.8, 4) is 0 Å². The molecule has 0 saturated heterocycles. The van der Waals surface area contributed by atoms with Crippen molar-refractivity contribution in [1.29, 1.82) is 0 Å². The molecule has 0 amide bonds. The van der Waals surface area contributed by atoms with Crippen LogP contribution in [0.15, 0.2) is 55.1 Å². The molecule has 2 aromatic rings. The highest BCUT2D eigenvalue weighted by atomic mass is 16.5. The molecule has 0 bridgehead atoms. The van der Waals surface area contributed by atoms with E-state index in [1.54, 1.807) is 6.08 Å². The summed E-state index contributed by atoms with van der Waals surface area (Å²) in [5.41, 5.74) is 0.896. The fraction of sp³-hybridized carbons (Fsp3) is 0.188. The maximum atomic E-state index is 11.8. The number of hydrogen-bond acceptors (Lipinski definition) is 3. The van der Waals surface area contributed by atoms with Crippen LogP contribution in [0.2, 0.25) is 0 Å². The number of nitrogens with one attached hydrogen (secondary N) is 1. The molecular formula is C16H17NO2. The summed E-state index contributed by atoms with van der Waals surface area (Å²) in [5, 5.41) is 5.37. The minimum atomic E-state index is -0.465. The molecule has 1 atom stereocenters. The normalized spacial score (nSPS) is 12.1. The second-order valence-electron chi connectivity index (χ2n) is 4.26.